The van der Waals surface area contributed by atoms with Crippen LogP contribution < -0.4 is 10.5 Å². The summed E-state index contributed by atoms with van der Waals surface area (Å²) >= 11 is 4.11. The van der Waals surface area contributed by atoms with Gasteiger partial charge in [-0.3, -0.25) is 15.3 Å². The van der Waals surface area contributed by atoms with Crippen molar-refractivity contribution in [2.45, 2.75) is 54.8 Å². The zero-order chi connectivity index (χ0) is 18.8. The minimum atomic E-state index is -1.77. The number of nitrogens with two attached hydrogens (primary N) is 1. The molecule has 0 amide bonds. The molecule has 1 aromatic rings. The first kappa shape index (κ1) is 20.4. The molecule has 1 unspecified atom stereocenters. The number of nitrogens with one attached hydrogen (secondary N) is 1. The summed E-state index contributed by atoms with van der Waals surface area (Å²) in [5, 5.41) is 39.3. The van der Waals surface area contributed by atoms with Crippen molar-refractivity contribution in [3.05, 3.63) is 26.7 Å². The molecular formula is C15H21BrFN3O4S. The second kappa shape index (κ2) is 7.75. The largest absolute Gasteiger partial charge is 0.394 e. The van der Waals surface area contributed by atoms with Gasteiger partial charge < -0.3 is 15.5 Å². The SMILES string of the molecule is CC1(O)CCC(F)(C(CO)Nc2c(Br)cc(SN)cc2[N+](=O)[O-])CC1. The van der Waals surface area contributed by atoms with Crippen LogP contribution in [-0.4, -0.2) is 39.1 Å². The zero-order valence-electron chi connectivity index (χ0n) is 13.7. The van der Waals surface area contributed by atoms with E-state index in [1.54, 1.807) is 13.0 Å². The normalized spacial score (nSPS) is 27.8. The predicted octanol–water partition coefficient (Wildman–Crippen LogP) is 3.13. The number of alkyl halides is 1. The van der Waals surface area contributed by atoms with E-state index in [0.717, 1.165) is 11.9 Å². The summed E-state index contributed by atoms with van der Waals surface area (Å²) in [7, 11) is 0. The van der Waals surface area contributed by atoms with Gasteiger partial charge >= 0.3 is 0 Å². The highest BCUT2D eigenvalue weighted by molar-refractivity contribution is 9.10. The molecule has 25 heavy (non-hydrogen) atoms. The lowest BCUT2D eigenvalue weighted by Gasteiger charge is -2.41. The molecule has 0 radical (unpaired) electrons. The fraction of sp³-hybridized carbons (Fsp3) is 0.600. The van der Waals surface area contributed by atoms with Crippen molar-refractivity contribution in [2.24, 2.45) is 5.14 Å². The van der Waals surface area contributed by atoms with E-state index in [4.69, 9.17) is 5.14 Å². The second-order valence-electron chi connectivity index (χ2n) is 6.59. The highest BCUT2D eigenvalue weighted by Crippen LogP contribution is 2.43. The Morgan fingerprint density at radius 3 is 2.56 bits per heavy atom. The topological polar surface area (TPSA) is 122 Å². The van der Waals surface area contributed by atoms with Crippen LogP contribution >= 0.6 is 27.9 Å². The van der Waals surface area contributed by atoms with Gasteiger partial charge in [0.15, 0.2) is 0 Å². The van der Waals surface area contributed by atoms with E-state index in [1.165, 1.54) is 6.07 Å². The van der Waals surface area contributed by atoms with Crippen LogP contribution in [0.3, 0.4) is 0 Å². The number of nitro benzene ring substituents is 1. The van der Waals surface area contributed by atoms with Gasteiger partial charge in [0.1, 0.15) is 11.4 Å². The number of halogens is 2. The smallest absolute Gasteiger partial charge is 0.294 e. The standard InChI is InChI=1S/C15H21BrFN3O4S/c1-14(22)2-4-15(17,5-3-14)12(8-21)19-13-10(16)6-9(25-18)7-11(13)20(23)24/h6-7,12,19,21-22H,2-5,8,18H2,1H3. The minimum Gasteiger partial charge on any atom is -0.394 e. The molecule has 1 aliphatic rings. The van der Waals surface area contributed by atoms with Gasteiger partial charge in [-0.05, 0) is 66.6 Å². The molecule has 0 aromatic heterocycles. The van der Waals surface area contributed by atoms with Crippen LogP contribution in [0, 0.1) is 10.1 Å². The van der Waals surface area contributed by atoms with Crippen LogP contribution in [0.25, 0.3) is 0 Å². The lowest BCUT2D eigenvalue weighted by atomic mass is 9.74. The maximum absolute atomic E-state index is 15.3. The fourth-order valence-corrected chi connectivity index (χ4v) is 4.07. The van der Waals surface area contributed by atoms with E-state index in [0.29, 0.717) is 9.37 Å². The predicted molar refractivity (Wildman–Crippen MR) is 98.3 cm³/mol. The van der Waals surface area contributed by atoms with Gasteiger partial charge in [0, 0.05) is 15.4 Å². The summed E-state index contributed by atoms with van der Waals surface area (Å²) in [4.78, 5) is 11.3. The van der Waals surface area contributed by atoms with E-state index < -0.39 is 28.8 Å². The summed E-state index contributed by atoms with van der Waals surface area (Å²) in [6, 6.07) is 1.85. The van der Waals surface area contributed by atoms with Gasteiger partial charge in [-0.2, -0.15) is 0 Å². The first-order valence-electron chi connectivity index (χ1n) is 7.75. The number of rotatable bonds is 6. The third-order valence-electron chi connectivity index (χ3n) is 4.66. The van der Waals surface area contributed by atoms with Crippen molar-refractivity contribution in [3.63, 3.8) is 0 Å². The molecule has 1 fully saturated rings. The molecule has 0 heterocycles. The number of benzene rings is 1. The Bertz CT molecular complexity index is 652. The van der Waals surface area contributed by atoms with Gasteiger partial charge in [0.05, 0.1) is 23.2 Å². The Morgan fingerprint density at radius 2 is 2.08 bits per heavy atom. The van der Waals surface area contributed by atoms with Crippen LogP contribution in [0.1, 0.15) is 32.6 Å². The molecule has 2 rings (SSSR count). The maximum Gasteiger partial charge on any atom is 0.294 e. The zero-order valence-corrected chi connectivity index (χ0v) is 16.1. The molecule has 1 aliphatic carbocycles. The Morgan fingerprint density at radius 1 is 1.48 bits per heavy atom. The summed E-state index contributed by atoms with van der Waals surface area (Å²) in [5.41, 5.74) is -2.86. The van der Waals surface area contributed by atoms with Crippen LogP contribution in [0.5, 0.6) is 0 Å². The first-order valence-corrected chi connectivity index (χ1v) is 9.42. The minimum absolute atomic E-state index is 0.0559. The van der Waals surface area contributed by atoms with Crippen molar-refractivity contribution in [2.75, 3.05) is 11.9 Å². The lowest BCUT2D eigenvalue weighted by Crippen LogP contribution is -2.50. The second-order valence-corrected chi connectivity index (χ2v) is 8.15. The van der Waals surface area contributed by atoms with Gasteiger partial charge in [-0.25, -0.2) is 4.39 Å². The van der Waals surface area contributed by atoms with Crippen molar-refractivity contribution in [3.8, 4) is 0 Å². The maximum atomic E-state index is 15.3. The molecule has 1 saturated carbocycles. The number of nitrogens with zero attached hydrogens (tertiary/aromatic N) is 1. The molecule has 0 bridgehead atoms. The fourth-order valence-electron chi connectivity index (χ4n) is 2.99. The molecule has 1 atom stereocenters. The highest BCUT2D eigenvalue weighted by atomic mass is 79.9. The van der Waals surface area contributed by atoms with Crippen LogP contribution in [-0.2, 0) is 0 Å². The monoisotopic (exact) mass is 437 g/mol. The lowest BCUT2D eigenvalue weighted by molar-refractivity contribution is -0.384. The average molecular weight is 438 g/mol. The van der Waals surface area contributed by atoms with E-state index in [2.05, 4.69) is 21.2 Å². The van der Waals surface area contributed by atoms with Gasteiger partial charge in [-0.15, -0.1) is 0 Å². The molecule has 0 aliphatic heterocycles. The van der Waals surface area contributed by atoms with Crippen molar-refractivity contribution < 1.29 is 19.5 Å². The molecular weight excluding hydrogens is 417 g/mol. The number of aliphatic hydroxyl groups excluding tert-OH is 1. The van der Waals surface area contributed by atoms with E-state index >= 15 is 4.39 Å². The van der Waals surface area contributed by atoms with E-state index in [9.17, 15) is 20.3 Å². The number of anilines is 1. The third-order valence-corrected chi connectivity index (χ3v) is 5.79. The Labute approximate surface area is 157 Å². The number of hydrogen-bond donors (Lipinski definition) is 4. The van der Waals surface area contributed by atoms with Crippen LogP contribution in [0.4, 0.5) is 15.8 Å². The average Bonchev–Trinajstić information content (AvgIpc) is 2.56. The highest BCUT2D eigenvalue weighted by Gasteiger charge is 2.45. The van der Waals surface area contributed by atoms with E-state index in [-0.39, 0.29) is 37.1 Å². The molecule has 140 valence electrons. The molecule has 0 spiro atoms. The summed E-state index contributed by atoms with van der Waals surface area (Å²) in [6.07, 6.45) is 0.627. The Hall–Kier alpha value is -0.940. The number of nitro groups is 1. The number of aliphatic hydroxyl groups is 2. The van der Waals surface area contributed by atoms with E-state index in [1.807, 2.05) is 0 Å². The quantitative estimate of drug-likeness (QED) is 0.306. The summed E-state index contributed by atoms with van der Waals surface area (Å²) in [6.45, 7) is 1.12. The Kier molecular flexibility index (Phi) is 6.31. The molecule has 7 nitrogen and oxygen atoms in total. The number of hydrogen-bond acceptors (Lipinski definition) is 7. The van der Waals surface area contributed by atoms with Crippen molar-refractivity contribution in [1.29, 1.82) is 0 Å². The molecule has 5 N–H and O–H groups in total. The van der Waals surface area contributed by atoms with Crippen molar-refractivity contribution >= 4 is 39.3 Å². The first-order chi connectivity index (χ1) is 11.6. The molecule has 0 saturated heterocycles. The summed E-state index contributed by atoms with van der Waals surface area (Å²) < 4.78 is 15.7. The van der Waals surface area contributed by atoms with Gasteiger partial charge in [0.25, 0.3) is 5.69 Å². The van der Waals surface area contributed by atoms with Gasteiger partial charge in [-0.1, -0.05) is 0 Å². The molecule has 10 heteroatoms. The summed E-state index contributed by atoms with van der Waals surface area (Å²) in [5.74, 6) is 0. The van der Waals surface area contributed by atoms with Crippen LogP contribution in [0.15, 0.2) is 21.5 Å². The Balaban J connectivity index is 2.32. The third kappa shape index (κ3) is 4.62. The molecule has 1 aromatic carbocycles. The van der Waals surface area contributed by atoms with Crippen LogP contribution in [0.2, 0.25) is 0 Å². The van der Waals surface area contributed by atoms with Gasteiger partial charge in [0.2, 0.25) is 0 Å². The van der Waals surface area contributed by atoms with Crippen molar-refractivity contribution in [1.82, 2.24) is 0 Å².